The molecule has 0 spiro atoms. The van der Waals surface area contributed by atoms with Gasteiger partial charge in [0.15, 0.2) is 5.37 Å². The predicted molar refractivity (Wildman–Crippen MR) is 85.5 cm³/mol. The Morgan fingerprint density at radius 2 is 1.52 bits per heavy atom. The average molecular weight is 298 g/mol. The Labute approximate surface area is 127 Å². The first-order valence-corrected chi connectivity index (χ1v) is 7.44. The highest BCUT2D eigenvalue weighted by Crippen LogP contribution is 2.34. The largest absolute Gasteiger partial charge is 0.354 e. The molecule has 0 saturated carbocycles. The third kappa shape index (κ3) is 2.52. The molecule has 0 aromatic heterocycles. The van der Waals surface area contributed by atoms with Gasteiger partial charge in [-0.2, -0.15) is 0 Å². The monoisotopic (exact) mass is 298 g/mol. The van der Waals surface area contributed by atoms with Crippen molar-refractivity contribution < 1.29 is 9.59 Å². The van der Waals surface area contributed by atoms with Crippen molar-refractivity contribution >= 4 is 34.3 Å². The van der Waals surface area contributed by atoms with Crippen LogP contribution in [0, 0.1) is 0 Å². The molecule has 0 N–H and O–H groups in total. The second-order valence-corrected chi connectivity index (χ2v) is 5.72. The summed E-state index contributed by atoms with van der Waals surface area (Å²) in [6.07, 6.45) is 0. The van der Waals surface area contributed by atoms with E-state index in [1.807, 2.05) is 60.5 Å². The molecule has 5 heteroatoms. The van der Waals surface area contributed by atoms with Crippen LogP contribution in [0.2, 0.25) is 0 Å². The zero-order chi connectivity index (χ0) is 14.8. The molecule has 0 aliphatic carbocycles. The number of imide groups is 1. The Bertz CT molecular complexity index is 660. The summed E-state index contributed by atoms with van der Waals surface area (Å²) in [5, 5.41) is -0.765. The summed E-state index contributed by atoms with van der Waals surface area (Å²) >= 11 is 1.04. The Kier molecular flexibility index (Phi) is 3.66. The Balaban J connectivity index is 1.87. The van der Waals surface area contributed by atoms with E-state index in [0.29, 0.717) is 5.69 Å². The molecule has 4 nitrogen and oxygen atoms in total. The van der Waals surface area contributed by atoms with E-state index in [2.05, 4.69) is 0 Å². The minimum Gasteiger partial charge on any atom is -0.354 e. The van der Waals surface area contributed by atoms with Gasteiger partial charge in [0.05, 0.1) is 5.69 Å². The maximum Gasteiger partial charge on any atom is 0.295 e. The Morgan fingerprint density at radius 3 is 2.14 bits per heavy atom. The minimum atomic E-state index is -0.528. The zero-order valence-corrected chi connectivity index (χ0v) is 12.3. The standard InChI is InChI=1S/C16H14N2O2S/c1-17(12-8-4-2-5-9-12)15-14(19)18(16(20)21-15)13-10-6-3-7-11-13/h2-11,15H,1H3/t15-/m0/s1. The van der Waals surface area contributed by atoms with Crippen LogP contribution in [0.4, 0.5) is 16.2 Å². The molecule has 0 bridgehead atoms. The lowest BCUT2D eigenvalue weighted by Crippen LogP contribution is -2.39. The molecule has 2 aromatic carbocycles. The summed E-state index contributed by atoms with van der Waals surface area (Å²) in [6.45, 7) is 0. The van der Waals surface area contributed by atoms with E-state index >= 15 is 0 Å². The number of hydrogen-bond acceptors (Lipinski definition) is 4. The van der Waals surface area contributed by atoms with Crippen molar-refractivity contribution in [2.24, 2.45) is 0 Å². The maximum absolute atomic E-state index is 12.6. The first-order chi connectivity index (χ1) is 10.2. The predicted octanol–water partition coefficient (Wildman–Crippen LogP) is 3.35. The van der Waals surface area contributed by atoms with E-state index in [1.54, 1.807) is 12.1 Å². The van der Waals surface area contributed by atoms with Crippen LogP contribution >= 0.6 is 11.8 Å². The molecule has 106 valence electrons. The van der Waals surface area contributed by atoms with Gasteiger partial charge >= 0.3 is 0 Å². The van der Waals surface area contributed by atoms with Crippen LogP contribution in [-0.4, -0.2) is 23.6 Å². The molecule has 2 amide bonds. The summed E-state index contributed by atoms with van der Waals surface area (Å²) in [5.41, 5.74) is 1.52. The number of rotatable bonds is 3. The van der Waals surface area contributed by atoms with Crippen molar-refractivity contribution in [3.63, 3.8) is 0 Å². The quantitative estimate of drug-likeness (QED) is 0.871. The first kappa shape index (κ1) is 13.7. The SMILES string of the molecule is CN(c1ccccc1)[C@H]1SC(=O)N(c2ccccc2)C1=O. The molecule has 21 heavy (non-hydrogen) atoms. The second-order valence-electron chi connectivity index (χ2n) is 4.69. The van der Waals surface area contributed by atoms with Crippen LogP contribution in [0.5, 0.6) is 0 Å². The molecule has 3 rings (SSSR count). The van der Waals surface area contributed by atoms with Crippen molar-refractivity contribution in [3.05, 3.63) is 60.7 Å². The van der Waals surface area contributed by atoms with Gasteiger partial charge in [0.25, 0.3) is 11.1 Å². The molecule has 1 saturated heterocycles. The lowest BCUT2D eigenvalue weighted by molar-refractivity contribution is -0.116. The number of likely N-dealkylation sites (N-methyl/N-ethyl adjacent to an activating group) is 1. The lowest BCUT2D eigenvalue weighted by Gasteiger charge is -2.24. The third-order valence-electron chi connectivity index (χ3n) is 3.36. The summed E-state index contributed by atoms with van der Waals surface area (Å²) in [7, 11) is 1.83. The fourth-order valence-electron chi connectivity index (χ4n) is 2.25. The highest BCUT2D eigenvalue weighted by Gasteiger charge is 2.42. The van der Waals surface area contributed by atoms with E-state index in [0.717, 1.165) is 17.4 Å². The minimum absolute atomic E-state index is 0.206. The van der Waals surface area contributed by atoms with Gasteiger partial charge in [-0.15, -0.1) is 0 Å². The number of anilines is 2. The highest BCUT2D eigenvalue weighted by atomic mass is 32.2. The number of nitrogens with zero attached hydrogens (tertiary/aromatic N) is 2. The van der Waals surface area contributed by atoms with E-state index in [-0.39, 0.29) is 11.1 Å². The molecule has 1 heterocycles. The molecule has 1 atom stereocenters. The first-order valence-electron chi connectivity index (χ1n) is 6.56. The number of thioether (sulfide) groups is 1. The smallest absolute Gasteiger partial charge is 0.295 e. The van der Waals surface area contributed by atoms with Gasteiger partial charge in [-0.05, 0) is 36.0 Å². The van der Waals surface area contributed by atoms with Crippen LogP contribution in [0.3, 0.4) is 0 Å². The van der Waals surface area contributed by atoms with Crippen molar-refractivity contribution in [1.29, 1.82) is 0 Å². The molecule has 1 aliphatic rings. The van der Waals surface area contributed by atoms with E-state index in [9.17, 15) is 9.59 Å². The molecule has 0 radical (unpaired) electrons. The topological polar surface area (TPSA) is 40.6 Å². The van der Waals surface area contributed by atoms with Crippen molar-refractivity contribution in [2.75, 3.05) is 16.8 Å². The fourth-order valence-corrected chi connectivity index (χ4v) is 3.23. The van der Waals surface area contributed by atoms with Crippen LogP contribution < -0.4 is 9.80 Å². The summed E-state index contributed by atoms with van der Waals surface area (Å²) < 4.78 is 0. The van der Waals surface area contributed by atoms with Crippen molar-refractivity contribution in [1.82, 2.24) is 0 Å². The molecule has 1 fully saturated rings. The van der Waals surface area contributed by atoms with Gasteiger partial charge in [0.1, 0.15) is 0 Å². The Hall–Kier alpha value is -2.27. The second kappa shape index (κ2) is 5.61. The Morgan fingerprint density at radius 1 is 0.952 bits per heavy atom. The van der Waals surface area contributed by atoms with E-state index < -0.39 is 5.37 Å². The van der Waals surface area contributed by atoms with E-state index in [4.69, 9.17) is 0 Å². The molecule has 2 aromatic rings. The summed E-state index contributed by atoms with van der Waals surface area (Å²) in [5.74, 6) is -0.206. The average Bonchev–Trinajstić information content (AvgIpc) is 2.83. The summed E-state index contributed by atoms with van der Waals surface area (Å²) in [6, 6.07) is 18.6. The molecular weight excluding hydrogens is 284 g/mol. The van der Waals surface area contributed by atoms with Crippen molar-refractivity contribution in [2.45, 2.75) is 5.37 Å². The lowest BCUT2D eigenvalue weighted by atomic mass is 10.2. The van der Waals surface area contributed by atoms with Gasteiger partial charge in [-0.3, -0.25) is 9.59 Å². The summed E-state index contributed by atoms with van der Waals surface area (Å²) in [4.78, 5) is 27.8. The number of amides is 2. The number of para-hydroxylation sites is 2. The van der Waals surface area contributed by atoms with Crippen LogP contribution in [0.1, 0.15) is 0 Å². The highest BCUT2D eigenvalue weighted by molar-refractivity contribution is 8.16. The molecule has 1 aliphatic heterocycles. The van der Waals surface area contributed by atoms with Crippen LogP contribution in [-0.2, 0) is 4.79 Å². The number of benzene rings is 2. The zero-order valence-electron chi connectivity index (χ0n) is 11.5. The van der Waals surface area contributed by atoms with Gasteiger partial charge in [-0.25, -0.2) is 4.90 Å². The van der Waals surface area contributed by atoms with E-state index in [1.165, 1.54) is 4.90 Å². The third-order valence-corrected chi connectivity index (χ3v) is 4.48. The van der Waals surface area contributed by atoms with Crippen molar-refractivity contribution in [3.8, 4) is 0 Å². The van der Waals surface area contributed by atoms with Crippen LogP contribution in [0.15, 0.2) is 60.7 Å². The molecule has 0 unspecified atom stereocenters. The van der Waals surface area contributed by atoms with Gasteiger partial charge < -0.3 is 4.90 Å². The number of hydrogen-bond donors (Lipinski definition) is 0. The van der Waals surface area contributed by atoms with Crippen LogP contribution in [0.25, 0.3) is 0 Å². The normalized spacial score (nSPS) is 18.1. The van der Waals surface area contributed by atoms with Gasteiger partial charge in [0.2, 0.25) is 0 Å². The number of carbonyl (C=O) groups excluding carboxylic acids is 2. The fraction of sp³-hybridized carbons (Fsp3) is 0.125. The van der Waals surface area contributed by atoms with Gasteiger partial charge in [0, 0.05) is 12.7 Å². The maximum atomic E-state index is 12.6. The van der Waals surface area contributed by atoms with Gasteiger partial charge in [-0.1, -0.05) is 36.4 Å². The number of carbonyl (C=O) groups is 2. The molecular formula is C16H14N2O2S.